The summed E-state index contributed by atoms with van der Waals surface area (Å²) in [6.45, 7) is 2.24. The number of nitriles is 1. The highest BCUT2D eigenvalue weighted by Crippen LogP contribution is 2.35. The van der Waals surface area contributed by atoms with Crippen LogP contribution in [0.3, 0.4) is 0 Å². The lowest BCUT2D eigenvalue weighted by molar-refractivity contribution is -0.127. The fourth-order valence-corrected chi connectivity index (χ4v) is 4.44. The lowest BCUT2D eigenvalue weighted by Crippen LogP contribution is -2.27. The van der Waals surface area contributed by atoms with Crippen LogP contribution in [-0.2, 0) is 4.79 Å². The number of anilines is 1. The largest absolute Gasteiger partial charge is 0.497 e. The molecule has 0 atom stereocenters. The maximum atomic E-state index is 11.7. The molecule has 0 saturated carbocycles. The van der Waals surface area contributed by atoms with Crippen LogP contribution in [0, 0.1) is 11.3 Å². The molecule has 2 N–H and O–H groups in total. The minimum Gasteiger partial charge on any atom is -0.497 e. The molecule has 4 rings (SSSR count). The van der Waals surface area contributed by atoms with Crippen molar-refractivity contribution in [2.75, 3.05) is 32.1 Å². The van der Waals surface area contributed by atoms with Crippen molar-refractivity contribution in [1.82, 2.24) is 20.2 Å². The fraction of sp³-hybridized carbons (Fsp3) is 0.304. The molecule has 1 saturated heterocycles. The van der Waals surface area contributed by atoms with Crippen LogP contribution in [0.5, 0.6) is 5.75 Å². The Bertz CT molecular complexity index is 1110. The Morgan fingerprint density at radius 1 is 1.41 bits per heavy atom. The summed E-state index contributed by atoms with van der Waals surface area (Å²) < 4.78 is 5.30. The molecule has 0 unspecified atom stereocenters. The third kappa shape index (κ3) is 5.03. The Hall–Kier alpha value is -3.51. The van der Waals surface area contributed by atoms with Crippen LogP contribution in [0.15, 0.2) is 47.0 Å². The summed E-state index contributed by atoms with van der Waals surface area (Å²) >= 11 is 1.45. The minimum atomic E-state index is 0.233. The molecule has 164 valence electrons. The molecular formula is C23H24N6O2S. The Labute approximate surface area is 191 Å². The van der Waals surface area contributed by atoms with Crippen molar-refractivity contribution in [2.24, 2.45) is 0 Å². The first-order valence-electron chi connectivity index (χ1n) is 10.5. The second-order valence-electron chi connectivity index (χ2n) is 7.35. The Balaban J connectivity index is 1.40. The zero-order chi connectivity index (χ0) is 22.3. The summed E-state index contributed by atoms with van der Waals surface area (Å²) in [5, 5.41) is 19.0. The van der Waals surface area contributed by atoms with Crippen LogP contribution >= 0.6 is 11.8 Å². The van der Waals surface area contributed by atoms with Gasteiger partial charge in [-0.3, -0.25) is 4.79 Å². The first kappa shape index (κ1) is 21.7. The Kier molecular flexibility index (Phi) is 6.92. The van der Waals surface area contributed by atoms with Crippen molar-refractivity contribution in [1.29, 1.82) is 5.26 Å². The van der Waals surface area contributed by atoms with Gasteiger partial charge in [-0.2, -0.15) is 5.26 Å². The number of hydrogen-bond donors (Lipinski definition) is 2. The van der Waals surface area contributed by atoms with E-state index in [1.54, 1.807) is 19.4 Å². The SMILES string of the molecule is COc1cccc(C2=CS/C(=C(/C#N)c3ccnc(NCCCN4CCCC4=O)n3)N2)c1. The quantitative estimate of drug-likeness (QED) is 0.468. The molecule has 1 aromatic heterocycles. The van der Waals surface area contributed by atoms with Crippen molar-refractivity contribution < 1.29 is 9.53 Å². The highest BCUT2D eigenvalue weighted by Gasteiger charge is 2.20. The third-order valence-corrected chi connectivity index (χ3v) is 6.13. The van der Waals surface area contributed by atoms with Crippen molar-refractivity contribution >= 4 is 34.9 Å². The highest BCUT2D eigenvalue weighted by molar-refractivity contribution is 8.06. The van der Waals surface area contributed by atoms with Gasteiger partial charge in [0.15, 0.2) is 0 Å². The minimum absolute atomic E-state index is 0.233. The predicted octanol–water partition coefficient (Wildman–Crippen LogP) is 3.44. The number of carbonyl (C=O) groups excluding carboxylic acids is 1. The zero-order valence-electron chi connectivity index (χ0n) is 17.8. The molecule has 9 heteroatoms. The van der Waals surface area contributed by atoms with Crippen molar-refractivity contribution in [3.63, 3.8) is 0 Å². The number of ether oxygens (including phenoxy) is 1. The molecule has 0 aliphatic carbocycles. The van der Waals surface area contributed by atoms with E-state index in [1.165, 1.54) is 11.8 Å². The molecule has 2 aliphatic rings. The van der Waals surface area contributed by atoms with Crippen LogP contribution in [0.25, 0.3) is 11.3 Å². The number of amides is 1. The number of thioether (sulfide) groups is 1. The highest BCUT2D eigenvalue weighted by atomic mass is 32.2. The van der Waals surface area contributed by atoms with E-state index < -0.39 is 0 Å². The van der Waals surface area contributed by atoms with Gasteiger partial charge in [0, 0.05) is 43.2 Å². The second-order valence-corrected chi connectivity index (χ2v) is 8.23. The van der Waals surface area contributed by atoms with Gasteiger partial charge < -0.3 is 20.3 Å². The van der Waals surface area contributed by atoms with E-state index in [9.17, 15) is 10.1 Å². The normalized spacial score (nSPS) is 16.9. The molecule has 1 aromatic carbocycles. The summed E-state index contributed by atoms with van der Waals surface area (Å²) in [6.07, 6.45) is 4.06. The van der Waals surface area contributed by atoms with Gasteiger partial charge in [-0.15, -0.1) is 0 Å². The van der Waals surface area contributed by atoms with E-state index >= 15 is 0 Å². The number of methoxy groups -OCH3 is 1. The van der Waals surface area contributed by atoms with Crippen LogP contribution in [0.4, 0.5) is 5.95 Å². The number of nitrogens with one attached hydrogen (secondary N) is 2. The fourth-order valence-electron chi connectivity index (χ4n) is 3.57. The molecule has 2 aromatic rings. The number of allylic oxidation sites excluding steroid dienone is 1. The molecule has 0 spiro atoms. The summed E-state index contributed by atoms with van der Waals surface area (Å²) in [7, 11) is 1.64. The molecule has 8 nitrogen and oxygen atoms in total. The van der Waals surface area contributed by atoms with E-state index in [0.717, 1.165) is 48.0 Å². The summed E-state index contributed by atoms with van der Waals surface area (Å²) in [6, 6.07) is 11.7. The van der Waals surface area contributed by atoms with Crippen molar-refractivity contribution in [3.05, 3.63) is 58.2 Å². The predicted molar refractivity (Wildman–Crippen MR) is 125 cm³/mol. The van der Waals surface area contributed by atoms with Gasteiger partial charge in [-0.1, -0.05) is 23.9 Å². The van der Waals surface area contributed by atoms with Gasteiger partial charge in [0.1, 0.15) is 17.4 Å². The van der Waals surface area contributed by atoms with Gasteiger partial charge in [0.05, 0.1) is 23.5 Å². The second kappa shape index (κ2) is 10.2. The standard InChI is InChI=1S/C23H24N6O2S/c1-31-17-6-2-5-16(13-17)20-15-32-22(27-20)18(14-24)19-8-10-26-23(28-19)25-9-4-12-29-11-3-7-21(29)30/h2,5-6,8,10,13,15,27H,3-4,7,9,11-12H2,1H3,(H,25,26,28)/b22-18-. The van der Waals surface area contributed by atoms with E-state index in [-0.39, 0.29) is 5.91 Å². The van der Waals surface area contributed by atoms with Crippen molar-refractivity contribution in [2.45, 2.75) is 19.3 Å². The number of carbonyl (C=O) groups is 1. The Morgan fingerprint density at radius 3 is 3.09 bits per heavy atom. The summed E-state index contributed by atoms with van der Waals surface area (Å²) in [5.41, 5.74) is 2.89. The molecule has 32 heavy (non-hydrogen) atoms. The van der Waals surface area contributed by atoms with Gasteiger partial charge in [-0.05, 0) is 31.0 Å². The number of benzene rings is 1. The van der Waals surface area contributed by atoms with Gasteiger partial charge in [-0.25, -0.2) is 9.97 Å². The van der Waals surface area contributed by atoms with Crippen LogP contribution in [-0.4, -0.2) is 47.5 Å². The third-order valence-electron chi connectivity index (χ3n) is 5.23. The number of rotatable bonds is 8. The average molecular weight is 449 g/mol. The van der Waals surface area contributed by atoms with Gasteiger partial charge in [0.25, 0.3) is 0 Å². The Morgan fingerprint density at radius 2 is 2.31 bits per heavy atom. The van der Waals surface area contributed by atoms with Crippen LogP contribution in [0.2, 0.25) is 0 Å². The van der Waals surface area contributed by atoms with E-state index in [0.29, 0.717) is 30.2 Å². The van der Waals surface area contributed by atoms with Crippen molar-refractivity contribution in [3.8, 4) is 11.8 Å². The first-order valence-corrected chi connectivity index (χ1v) is 11.3. The smallest absolute Gasteiger partial charge is 0.223 e. The first-order chi connectivity index (χ1) is 15.7. The average Bonchev–Trinajstić information content (AvgIpc) is 3.47. The zero-order valence-corrected chi connectivity index (χ0v) is 18.6. The number of aromatic nitrogens is 2. The van der Waals surface area contributed by atoms with Gasteiger partial charge >= 0.3 is 0 Å². The number of hydrogen-bond acceptors (Lipinski definition) is 8. The summed E-state index contributed by atoms with van der Waals surface area (Å²) in [4.78, 5) is 22.4. The topological polar surface area (TPSA) is 103 Å². The van der Waals surface area contributed by atoms with Crippen LogP contribution in [0.1, 0.15) is 30.5 Å². The molecule has 3 heterocycles. The van der Waals surface area contributed by atoms with E-state index in [2.05, 4.69) is 26.7 Å². The van der Waals surface area contributed by atoms with Crippen LogP contribution < -0.4 is 15.4 Å². The maximum Gasteiger partial charge on any atom is 0.223 e. The molecule has 0 radical (unpaired) electrons. The molecule has 0 bridgehead atoms. The monoisotopic (exact) mass is 448 g/mol. The molecular weight excluding hydrogens is 424 g/mol. The molecule has 1 amide bonds. The number of likely N-dealkylation sites (tertiary alicyclic amines) is 1. The summed E-state index contributed by atoms with van der Waals surface area (Å²) in [5.74, 6) is 1.47. The number of nitrogens with zero attached hydrogens (tertiary/aromatic N) is 4. The maximum absolute atomic E-state index is 11.7. The lowest BCUT2D eigenvalue weighted by Gasteiger charge is -2.15. The molecule has 2 aliphatic heterocycles. The van der Waals surface area contributed by atoms with Gasteiger partial charge in [0.2, 0.25) is 11.9 Å². The molecule has 1 fully saturated rings. The lowest BCUT2D eigenvalue weighted by atomic mass is 10.1. The van der Waals surface area contributed by atoms with E-state index in [1.807, 2.05) is 34.6 Å². The van der Waals surface area contributed by atoms with E-state index in [4.69, 9.17) is 4.74 Å².